The minimum atomic E-state index is 0.399. The molecule has 0 aliphatic heterocycles. The van der Waals surface area contributed by atoms with Gasteiger partial charge >= 0.3 is 0 Å². The Bertz CT molecular complexity index is 682. The molecule has 96 valence electrons. The van der Waals surface area contributed by atoms with Crippen molar-refractivity contribution in [2.75, 3.05) is 0 Å². The van der Waals surface area contributed by atoms with Crippen LogP contribution < -0.4 is 4.74 Å². The molecule has 4 nitrogen and oxygen atoms in total. The fraction of sp³-hybridized carbons (Fsp3) is 0. The lowest BCUT2D eigenvalue weighted by Gasteiger charge is -2.05. The average Bonchev–Trinajstić information content (AvgIpc) is 2.49. The lowest BCUT2D eigenvalue weighted by atomic mass is 10.2. The molecule has 5 heteroatoms. The Morgan fingerprint density at radius 2 is 1.50 bits per heavy atom. The quantitative estimate of drug-likeness (QED) is 0.832. The first-order valence-electron chi connectivity index (χ1n) is 5.42. The van der Waals surface area contributed by atoms with E-state index in [0.29, 0.717) is 16.3 Å². The van der Waals surface area contributed by atoms with Gasteiger partial charge < -0.3 is 4.74 Å². The molecule has 2 aromatic rings. The predicted molar refractivity (Wildman–Crippen MR) is 73.9 cm³/mol. The van der Waals surface area contributed by atoms with Gasteiger partial charge in [-0.15, -0.1) is 0 Å². The van der Waals surface area contributed by atoms with Crippen LogP contribution in [0.15, 0.2) is 48.5 Å². The topological polar surface area (TPSA) is 80.6 Å². The Morgan fingerprint density at radius 1 is 0.850 bits per heavy atom. The van der Waals surface area contributed by atoms with Gasteiger partial charge in [-0.25, -0.2) is 0 Å². The predicted octanol–water partition coefficient (Wildman–Crippen LogP) is 4.04. The van der Waals surface area contributed by atoms with Crippen molar-refractivity contribution in [2.45, 2.75) is 0 Å². The molecule has 0 radical (unpaired) electrons. The summed E-state index contributed by atoms with van der Waals surface area (Å²) in [7, 11) is 0. The monoisotopic (exact) mass is 281 g/mol. The Balaban J connectivity index is 0.000000444. The zero-order chi connectivity index (χ0) is 14.8. The van der Waals surface area contributed by atoms with Crippen molar-refractivity contribution in [3.8, 4) is 29.7 Å². The van der Waals surface area contributed by atoms with Crippen LogP contribution in [0.4, 0.5) is 0 Å². The summed E-state index contributed by atoms with van der Waals surface area (Å²) in [4.78, 5) is 0. The highest BCUT2D eigenvalue weighted by Crippen LogP contribution is 2.26. The smallest absolute Gasteiger partial charge is 0.181 e. The van der Waals surface area contributed by atoms with E-state index in [1.54, 1.807) is 18.2 Å². The van der Waals surface area contributed by atoms with Crippen molar-refractivity contribution < 1.29 is 4.74 Å². The van der Waals surface area contributed by atoms with Gasteiger partial charge in [0.25, 0.3) is 0 Å². The molecule has 0 unspecified atom stereocenters. The van der Waals surface area contributed by atoms with E-state index in [1.807, 2.05) is 36.4 Å². The number of ether oxygens (including phenoxy) is 1. The highest BCUT2D eigenvalue weighted by molar-refractivity contribution is 6.31. The minimum absolute atomic E-state index is 0.399. The van der Waals surface area contributed by atoms with Crippen LogP contribution in [0.3, 0.4) is 0 Å². The van der Waals surface area contributed by atoms with Gasteiger partial charge in [-0.3, -0.25) is 0 Å². The Morgan fingerprint density at radius 3 is 2.00 bits per heavy atom. The van der Waals surface area contributed by atoms with Gasteiger partial charge in [0.05, 0.1) is 10.6 Å². The van der Waals surface area contributed by atoms with E-state index in [2.05, 4.69) is 0 Å². The zero-order valence-corrected chi connectivity index (χ0v) is 11.0. The van der Waals surface area contributed by atoms with Gasteiger partial charge in [0, 0.05) is 6.07 Å². The molecule has 0 bridgehead atoms. The van der Waals surface area contributed by atoms with Crippen molar-refractivity contribution >= 4 is 11.6 Å². The first-order chi connectivity index (χ1) is 9.71. The number of hydrogen-bond acceptors (Lipinski definition) is 4. The maximum absolute atomic E-state index is 8.72. The minimum Gasteiger partial charge on any atom is -0.457 e. The van der Waals surface area contributed by atoms with Gasteiger partial charge in [0.1, 0.15) is 17.6 Å². The molecular formula is C15H8ClN3O. The van der Waals surface area contributed by atoms with Crippen LogP contribution in [0.1, 0.15) is 5.56 Å². The Labute approximate surface area is 121 Å². The molecule has 0 atom stereocenters. The number of nitrogens with zero attached hydrogens (tertiary/aromatic N) is 3. The molecule has 0 amide bonds. The van der Waals surface area contributed by atoms with E-state index in [4.69, 9.17) is 32.1 Å². The van der Waals surface area contributed by atoms with Crippen LogP contribution in [0.5, 0.6) is 11.5 Å². The van der Waals surface area contributed by atoms with Crippen molar-refractivity contribution in [1.29, 1.82) is 15.8 Å². The maximum Gasteiger partial charge on any atom is 0.181 e. The third-order valence-corrected chi connectivity index (χ3v) is 2.40. The van der Waals surface area contributed by atoms with E-state index in [-0.39, 0.29) is 0 Å². The summed E-state index contributed by atoms with van der Waals surface area (Å²) in [5.41, 5.74) is 0.446. The van der Waals surface area contributed by atoms with Crippen molar-refractivity contribution in [2.24, 2.45) is 0 Å². The van der Waals surface area contributed by atoms with E-state index in [0.717, 1.165) is 5.75 Å². The molecule has 0 spiro atoms. The maximum atomic E-state index is 8.72. The van der Waals surface area contributed by atoms with Gasteiger partial charge in [-0.05, 0) is 24.3 Å². The third kappa shape index (κ3) is 4.70. The van der Waals surface area contributed by atoms with Crippen LogP contribution in [0.2, 0.25) is 5.02 Å². The number of benzene rings is 2. The standard InChI is InChI=1S/C13H8ClNO.C2N2/c14-13-8-12(7-6-10(13)9-15)16-11-4-2-1-3-5-11;3-1-2-4/h1-8H;. The summed E-state index contributed by atoms with van der Waals surface area (Å²) in [6, 6.07) is 18.9. The largest absolute Gasteiger partial charge is 0.457 e. The van der Waals surface area contributed by atoms with Crippen LogP contribution >= 0.6 is 11.6 Å². The molecule has 0 saturated heterocycles. The van der Waals surface area contributed by atoms with Crippen LogP contribution in [0.25, 0.3) is 0 Å². The van der Waals surface area contributed by atoms with Gasteiger partial charge in [-0.2, -0.15) is 15.8 Å². The molecule has 0 aromatic heterocycles. The van der Waals surface area contributed by atoms with Crippen LogP contribution in [-0.4, -0.2) is 0 Å². The zero-order valence-electron chi connectivity index (χ0n) is 10.2. The number of hydrogen-bond donors (Lipinski definition) is 0. The van der Waals surface area contributed by atoms with E-state index in [9.17, 15) is 0 Å². The van der Waals surface area contributed by atoms with Crippen LogP contribution in [0, 0.1) is 34.0 Å². The van der Waals surface area contributed by atoms with Crippen molar-refractivity contribution in [3.63, 3.8) is 0 Å². The fourth-order valence-corrected chi connectivity index (χ4v) is 1.49. The summed E-state index contributed by atoms with van der Waals surface area (Å²) >= 11 is 5.89. The molecule has 0 N–H and O–H groups in total. The lowest BCUT2D eigenvalue weighted by Crippen LogP contribution is -1.84. The van der Waals surface area contributed by atoms with Gasteiger partial charge in [-0.1, -0.05) is 29.8 Å². The summed E-state index contributed by atoms with van der Waals surface area (Å²) in [6.07, 6.45) is 0. The van der Waals surface area contributed by atoms with E-state index >= 15 is 0 Å². The molecule has 0 aliphatic rings. The first kappa shape index (κ1) is 15.1. The highest BCUT2D eigenvalue weighted by Gasteiger charge is 2.02. The molecule has 2 aromatic carbocycles. The fourth-order valence-electron chi connectivity index (χ4n) is 1.27. The SMILES string of the molecule is N#CC#N.N#Cc1ccc(Oc2ccccc2)cc1Cl. The second-order valence-corrected chi connectivity index (χ2v) is 3.80. The molecule has 2 rings (SSSR count). The van der Waals surface area contributed by atoms with Gasteiger partial charge in [0.15, 0.2) is 12.1 Å². The van der Waals surface area contributed by atoms with Gasteiger partial charge in [0.2, 0.25) is 0 Å². The Hall–Kier alpha value is -3.00. The van der Waals surface area contributed by atoms with Crippen molar-refractivity contribution in [1.82, 2.24) is 0 Å². The molecule has 0 fully saturated rings. The molecule has 0 heterocycles. The molecule has 0 saturated carbocycles. The highest BCUT2D eigenvalue weighted by atomic mass is 35.5. The lowest BCUT2D eigenvalue weighted by molar-refractivity contribution is 0.482. The van der Waals surface area contributed by atoms with Crippen LogP contribution in [-0.2, 0) is 0 Å². The Kier molecular flexibility index (Phi) is 6.15. The second-order valence-electron chi connectivity index (χ2n) is 3.39. The molecular weight excluding hydrogens is 274 g/mol. The number of halogens is 1. The summed E-state index contributed by atoms with van der Waals surface area (Å²) in [5.74, 6) is 1.36. The average molecular weight is 282 g/mol. The summed E-state index contributed by atoms with van der Waals surface area (Å²) < 4.78 is 5.56. The number of para-hydroxylation sites is 1. The van der Waals surface area contributed by atoms with E-state index < -0.39 is 0 Å². The molecule has 0 aliphatic carbocycles. The summed E-state index contributed by atoms with van der Waals surface area (Å²) in [6.45, 7) is 0. The first-order valence-corrected chi connectivity index (χ1v) is 5.79. The van der Waals surface area contributed by atoms with Crippen molar-refractivity contribution in [3.05, 3.63) is 59.1 Å². The number of rotatable bonds is 2. The van der Waals surface area contributed by atoms with E-state index in [1.165, 1.54) is 12.1 Å². The second kappa shape index (κ2) is 8.16. The molecule has 20 heavy (non-hydrogen) atoms. The normalized spacial score (nSPS) is 8.10. The third-order valence-electron chi connectivity index (χ3n) is 2.09. The summed E-state index contributed by atoms with van der Waals surface area (Å²) in [5, 5.41) is 23.7. The number of nitriles is 3.